The fourth-order valence-corrected chi connectivity index (χ4v) is 6.98. The van der Waals surface area contributed by atoms with Gasteiger partial charge in [-0.3, -0.25) is 9.59 Å². The van der Waals surface area contributed by atoms with Gasteiger partial charge in [-0.25, -0.2) is 9.97 Å². The zero-order valence-corrected chi connectivity index (χ0v) is 20.6. The Morgan fingerprint density at radius 3 is 2.47 bits per heavy atom. The molecule has 0 radical (unpaired) electrons. The molecule has 1 atom stereocenters. The number of hydrogen-bond donors (Lipinski definition) is 0. The number of piperidine rings is 1. The van der Waals surface area contributed by atoms with Crippen LogP contribution in [0.3, 0.4) is 0 Å². The Morgan fingerprint density at radius 2 is 1.76 bits per heavy atom. The second-order valence-corrected chi connectivity index (χ2v) is 11.2. The first-order valence-electron chi connectivity index (χ1n) is 11.9. The Labute approximate surface area is 207 Å². The molecule has 3 aliphatic rings. The second kappa shape index (κ2) is 8.78. The average molecular weight is 494 g/mol. The predicted molar refractivity (Wildman–Crippen MR) is 134 cm³/mol. The van der Waals surface area contributed by atoms with Crippen LogP contribution in [0.2, 0.25) is 0 Å². The number of thiophene rings is 1. The molecule has 9 heteroatoms. The summed E-state index contributed by atoms with van der Waals surface area (Å²) < 4.78 is 0. The van der Waals surface area contributed by atoms with Crippen LogP contribution in [-0.2, 0) is 4.79 Å². The van der Waals surface area contributed by atoms with E-state index in [9.17, 15) is 9.59 Å². The fourth-order valence-electron chi connectivity index (χ4n) is 5.37. The quantitative estimate of drug-likeness (QED) is 0.552. The summed E-state index contributed by atoms with van der Waals surface area (Å²) in [5, 5.41) is 4.80. The minimum Gasteiger partial charge on any atom is -0.353 e. The van der Waals surface area contributed by atoms with Gasteiger partial charge in [0.15, 0.2) is 0 Å². The van der Waals surface area contributed by atoms with Crippen LogP contribution in [0.5, 0.6) is 0 Å². The maximum atomic E-state index is 13.2. The highest BCUT2D eigenvalue weighted by molar-refractivity contribution is 7.20. The van der Waals surface area contributed by atoms with Gasteiger partial charge in [0.25, 0.3) is 5.91 Å². The van der Waals surface area contributed by atoms with Gasteiger partial charge in [0.05, 0.1) is 4.88 Å². The van der Waals surface area contributed by atoms with E-state index >= 15 is 0 Å². The van der Waals surface area contributed by atoms with Crippen LogP contribution in [0.25, 0.3) is 9.88 Å². The molecule has 5 heterocycles. The third-order valence-electron chi connectivity index (χ3n) is 7.55. The maximum Gasteiger partial charge on any atom is 0.273 e. The number of rotatable bonds is 4. The van der Waals surface area contributed by atoms with E-state index in [-0.39, 0.29) is 17.2 Å². The zero-order valence-electron chi connectivity index (χ0n) is 18.9. The predicted octanol–water partition coefficient (Wildman–Crippen LogP) is 3.86. The fraction of sp³-hybridized carbons (Fsp3) is 0.440. The number of hydrogen-bond acceptors (Lipinski definition) is 7. The number of aromatic nitrogens is 2. The lowest BCUT2D eigenvalue weighted by Crippen LogP contribution is -2.50. The van der Waals surface area contributed by atoms with Crippen molar-refractivity contribution >= 4 is 40.3 Å². The molecule has 1 saturated carbocycles. The molecule has 1 spiro atoms. The molecule has 7 nitrogen and oxygen atoms in total. The summed E-state index contributed by atoms with van der Waals surface area (Å²) in [7, 11) is 0. The van der Waals surface area contributed by atoms with Crippen molar-refractivity contribution in [2.45, 2.75) is 19.3 Å². The van der Waals surface area contributed by atoms with Crippen LogP contribution in [0.15, 0.2) is 47.3 Å². The molecule has 3 fully saturated rings. The molecule has 0 aromatic carbocycles. The van der Waals surface area contributed by atoms with Crippen molar-refractivity contribution in [1.82, 2.24) is 19.8 Å². The second-order valence-electron chi connectivity index (χ2n) is 9.43. The summed E-state index contributed by atoms with van der Waals surface area (Å²) >= 11 is 3.16. The van der Waals surface area contributed by atoms with Crippen LogP contribution in [0.4, 0.5) is 5.82 Å². The van der Waals surface area contributed by atoms with E-state index < -0.39 is 0 Å². The van der Waals surface area contributed by atoms with Crippen molar-refractivity contribution in [3.63, 3.8) is 0 Å². The lowest BCUT2D eigenvalue weighted by atomic mass is 9.90. The first-order valence-corrected chi connectivity index (χ1v) is 13.6. The van der Waals surface area contributed by atoms with E-state index in [0.717, 1.165) is 61.1 Å². The third-order valence-corrected chi connectivity index (χ3v) is 9.44. The molecule has 2 aliphatic heterocycles. The molecule has 0 bridgehead atoms. The molecule has 34 heavy (non-hydrogen) atoms. The van der Waals surface area contributed by atoms with Crippen molar-refractivity contribution in [2.75, 3.05) is 44.2 Å². The summed E-state index contributed by atoms with van der Waals surface area (Å²) in [6.45, 7) is 4.58. The highest BCUT2D eigenvalue weighted by atomic mass is 32.1. The Kier molecular flexibility index (Phi) is 5.61. The lowest BCUT2D eigenvalue weighted by molar-refractivity contribution is -0.134. The smallest absolute Gasteiger partial charge is 0.273 e. The van der Waals surface area contributed by atoms with E-state index in [2.05, 4.69) is 14.9 Å². The van der Waals surface area contributed by atoms with Crippen LogP contribution in [-0.4, -0.2) is 70.9 Å². The Morgan fingerprint density at radius 1 is 0.941 bits per heavy atom. The number of likely N-dealkylation sites (tertiary alicyclic amines) is 1. The van der Waals surface area contributed by atoms with Gasteiger partial charge >= 0.3 is 0 Å². The minimum atomic E-state index is 0.0167. The molecule has 3 aromatic rings. The Balaban J connectivity index is 1.01. The molecule has 1 aliphatic carbocycles. The molecule has 3 aromatic heterocycles. The van der Waals surface area contributed by atoms with Gasteiger partial charge < -0.3 is 14.7 Å². The van der Waals surface area contributed by atoms with E-state index in [1.54, 1.807) is 11.3 Å². The molecule has 0 N–H and O–H groups in total. The van der Waals surface area contributed by atoms with Crippen molar-refractivity contribution in [1.29, 1.82) is 0 Å². The largest absolute Gasteiger partial charge is 0.353 e. The SMILES string of the molecule is O=C(c1csc(-c2cccs2)n1)N1CCC2(CC1)C[C@@H]2C(=O)N1CCN(c2ccccn2)CC1. The molecule has 2 amide bonds. The Bertz CT molecular complexity index is 1160. The summed E-state index contributed by atoms with van der Waals surface area (Å²) in [5.41, 5.74) is 0.634. The van der Waals surface area contributed by atoms with Crippen molar-refractivity contribution in [2.24, 2.45) is 11.3 Å². The summed E-state index contributed by atoms with van der Waals surface area (Å²) in [4.78, 5) is 42.6. The highest BCUT2D eigenvalue weighted by Gasteiger charge is 2.59. The van der Waals surface area contributed by atoms with Gasteiger partial charge in [-0.05, 0) is 48.3 Å². The molecule has 2 saturated heterocycles. The van der Waals surface area contributed by atoms with Crippen molar-refractivity contribution in [3.8, 4) is 9.88 Å². The highest BCUT2D eigenvalue weighted by Crippen LogP contribution is 2.60. The molecular formula is C25H27N5O2S2. The van der Waals surface area contributed by atoms with Gasteiger partial charge in [0.1, 0.15) is 16.5 Å². The first kappa shape index (κ1) is 21.7. The summed E-state index contributed by atoms with van der Waals surface area (Å²) in [6, 6.07) is 9.98. The maximum absolute atomic E-state index is 13.2. The molecule has 0 unspecified atom stereocenters. The van der Waals surface area contributed by atoms with Crippen LogP contribution >= 0.6 is 22.7 Å². The van der Waals surface area contributed by atoms with E-state index in [1.165, 1.54) is 11.3 Å². The number of amides is 2. The standard InChI is InChI=1S/C25H27N5O2S2/c31-23(30-13-11-28(12-14-30)21-5-1-2-8-26-21)18-16-25(18)6-9-29(10-7-25)24(32)19-17-34-22(27-19)20-4-3-15-33-20/h1-5,8,15,17-18H,6-7,9-14,16H2/t18-/m1/s1. The first-order chi connectivity index (χ1) is 16.6. The van der Waals surface area contributed by atoms with Gasteiger partial charge in [0.2, 0.25) is 5.91 Å². The zero-order chi connectivity index (χ0) is 23.1. The monoisotopic (exact) mass is 493 g/mol. The van der Waals surface area contributed by atoms with Gasteiger partial charge in [0, 0.05) is 56.8 Å². The van der Waals surface area contributed by atoms with Crippen molar-refractivity contribution in [3.05, 3.63) is 53.0 Å². The van der Waals surface area contributed by atoms with Crippen LogP contribution in [0.1, 0.15) is 29.8 Å². The molecular weight excluding hydrogens is 466 g/mol. The number of carbonyl (C=O) groups is 2. The van der Waals surface area contributed by atoms with E-state index in [4.69, 9.17) is 0 Å². The summed E-state index contributed by atoms with van der Waals surface area (Å²) in [6.07, 6.45) is 4.60. The van der Waals surface area contributed by atoms with E-state index in [0.29, 0.717) is 24.7 Å². The number of nitrogens with zero attached hydrogens (tertiary/aromatic N) is 5. The van der Waals surface area contributed by atoms with Crippen LogP contribution < -0.4 is 4.90 Å². The molecule has 6 rings (SSSR count). The van der Waals surface area contributed by atoms with Gasteiger partial charge in [-0.1, -0.05) is 12.1 Å². The number of pyridine rings is 1. The van der Waals surface area contributed by atoms with E-state index in [1.807, 2.05) is 57.1 Å². The number of thiazole rings is 1. The number of piperazine rings is 1. The van der Waals surface area contributed by atoms with Crippen LogP contribution in [0, 0.1) is 11.3 Å². The van der Waals surface area contributed by atoms with Gasteiger partial charge in [-0.2, -0.15) is 0 Å². The lowest BCUT2D eigenvalue weighted by Gasteiger charge is -2.37. The number of carbonyl (C=O) groups excluding carboxylic acids is 2. The van der Waals surface area contributed by atoms with Gasteiger partial charge in [-0.15, -0.1) is 22.7 Å². The number of anilines is 1. The average Bonchev–Trinajstić information content (AvgIpc) is 3.28. The summed E-state index contributed by atoms with van der Waals surface area (Å²) in [5.74, 6) is 1.43. The third kappa shape index (κ3) is 4.01. The Hall–Kier alpha value is -2.78. The normalized spacial score (nSPS) is 21.6. The van der Waals surface area contributed by atoms with Crippen molar-refractivity contribution < 1.29 is 9.59 Å². The topological polar surface area (TPSA) is 69.6 Å². The molecule has 176 valence electrons. The minimum absolute atomic E-state index is 0.0167.